The van der Waals surface area contributed by atoms with E-state index in [2.05, 4.69) is 36.3 Å². The highest BCUT2D eigenvalue weighted by Gasteiger charge is 2.26. The molecule has 4 rings (SSSR count). The lowest BCUT2D eigenvalue weighted by molar-refractivity contribution is -0.121. The number of likely N-dealkylation sites (tertiary alicyclic amines) is 1. The summed E-state index contributed by atoms with van der Waals surface area (Å²) >= 11 is 3.43. The van der Waals surface area contributed by atoms with Gasteiger partial charge in [-0.3, -0.25) is 9.69 Å². The first kappa shape index (κ1) is 19.8. The van der Waals surface area contributed by atoms with Crippen LogP contribution in [0.3, 0.4) is 0 Å². The van der Waals surface area contributed by atoms with Crippen molar-refractivity contribution in [2.45, 2.75) is 26.3 Å². The van der Waals surface area contributed by atoms with E-state index in [1.165, 1.54) is 5.56 Å². The van der Waals surface area contributed by atoms with Gasteiger partial charge in [0.1, 0.15) is 0 Å². The Morgan fingerprint density at radius 2 is 1.97 bits per heavy atom. The molecule has 7 heteroatoms. The van der Waals surface area contributed by atoms with Gasteiger partial charge in [-0.15, -0.1) is 0 Å². The highest BCUT2D eigenvalue weighted by Crippen LogP contribution is 2.23. The third-order valence-electron chi connectivity index (χ3n) is 5.19. The van der Waals surface area contributed by atoms with E-state index in [4.69, 9.17) is 4.52 Å². The Bertz CT molecular complexity index is 978. The van der Waals surface area contributed by atoms with Crippen molar-refractivity contribution in [3.63, 3.8) is 0 Å². The predicted molar refractivity (Wildman–Crippen MR) is 115 cm³/mol. The van der Waals surface area contributed by atoms with Crippen molar-refractivity contribution in [3.8, 4) is 11.4 Å². The van der Waals surface area contributed by atoms with Gasteiger partial charge >= 0.3 is 0 Å². The van der Waals surface area contributed by atoms with Crippen molar-refractivity contribution in [1.82, 2.24) is 15.0 Å². The molecular formula is C22H23BrN4O2. The summed E-state index contributed by atoms with van der Waals surface area (Å²) in [5, 5.41) is 7.11. The fourth-order valence-corrected chi connectivity index (χ4v) is 3.89. The summed E-state index contributed by atoms with van der Waals surface area (Å²) in [6, 6.07) is 15.7. The van der Waals surface area contributed by atoms with Crippen LogP contribution < -0.4 is 5.32 Å². The molecule has 0 saturated carbocycles. The van der Waals surface area contributed by atoms with E-state index < -0.39 is 0 Å². The number of aryl methyl sites for hydroxylation is 1. The number of hydrogen-bond acceptors (Lipinski definition) is 5. The number of rotatable bonds is 5. The number of anilines is 1. The van der Waals surface area contributed by atoms with Gasteiger partial charge in [0.15, 0.2) is 0 Å². The highest BCUT2D eigenvalue weighted by atomic mass is 79.9. The fourth-order valence-electron chi connectivity index (χ4n) is 3.49. The number of nitrogens with zero attached hydrogens (tertiary/aromatic N) is 3. The Hall–Kier alpha value is -2.51. The number of benzene rings is 2. The van der Waals surface area contributed by atoms with Crippen LogP contribution in [0.5, 0.6) is 0 Å². The van der Waals surface area contributed by atoms with Gasteiger partial charge in [-0.2, -0.15) is 4.98 Å². The van der Waals surface area contributed by atoms with Gasteiger partial charge in [0.25, 0.3) is 0 Å². The Kier molecular flexibility index (Phi) is 6.06. The van der Waals surface area contributed by atoms with Gasteiger partial charge in [0, 0.05) is 21.6 Å². The minimum atomic E-state index is 0.0241. The molecule has 1 aliphatic rings. The average molecular weight is 455 g/mol. The van der Waals surface area contributed by atoms with Gasteiger partial charge in [-0.05, 0) is 51.1 Å². The molecule has 0 atom stereocenters. The summed E-state index contributed by atoms with van der Waals surface area (Å²) in [5.41, 5.74) is 2.97. The van der Waals surface area contributed by atoms with Crippen LogP contribution >= 0.6 is 15.9 Å². The normalized spacial score (nSPS) is 15.4. The van der Waals surface area contributed by atoms with Gasteiger partial charge < -0.3 is 9.84 Å². The molecule has 1 N–H and O–H groups in total. The summed E-state index contributed by atoms with van der Waals surface area (Å²) in [7, 11) is 0. The molecule has 3 aromatic rings. The van der Waals surface area contributed by atoms with Crippen molar-refractivity contribution < 1.29 is 9.32 Å². The zero-order chi connectivity index (χ0) is 20.2. The molecule has 1 fully saturated rings. The van der Waals surface area contributed by atoms with Crippen LogP contribution in [0.2, 0.25) is 0 Å². The van der Waals surface area contributed by atoms with Crippen LogP contribution in [-0.2, 0) is 11.3 Å². The average Bonchev–Trinajstić information content (AvgIpc) is 3.17. The second-order valence-corrected chi connectivity index (χ2v) is 8.34. The van der Waals surface area contributed by atoms with E-state index in [1.54, 1.807) is 0 Å². The predicted octanol–water partition coefficient (Wildman–Crippen LogP) is 4.66. The number of carbonyl (C=O) groups excluding carboxylic acids is 1. The number of amides is 1. The molecule has 2 heterocycles. The number of halogens is 1. The highest BCUT2D eigenvalue weighted by molar-refractivity contribution is 9.10. The maximum Gasteiger partial charge on any atom is 0.241 e. The lowest BCUT2D eigenvalue weighted by atomic mass is 9.96. The largest absolute Gasteiger partial charge is 0.338 e. The van der Waals surface area contributed by atoms with Crippen LogP contribution in [-0.4, -0.2) is 34.0 Å². The summed E-state index contributed by atoms with van der Waals surface area (Å²) in [6.07, 6.45) is 1.64. The second kappa shape index (κ2) is 8.88. The molecule has 6 nitrogen and oxygen atoms in total. The van der Waals surface area contributed by atoms with Gasteiger partial charge in [0.2, 0.25) is 17.6 Å². The molecular weight excluding hydrogens is 432 g/mol. The number of nitrogens with one attached hydrogen (secondary N) is 1. The molecule has 29 heavy (non-hydrogen) atoms. The SMILES string of the molecule is Cc1ccc(-c2noc(CN3CCC(C(=O)Nc4cccc(Br)c4)CC3)n2)cc1. The van der Waals surface area contributed by atoms with Crippen molar-refractivity contribution >= 4 is 27.5 Å². The zero-order valence-corrected chi connectivity index (χ0v) is 17.9. The van der Waals surface area contributed by atoms with E-state index in [-0.39, 0.29) is 11.8 Å². The molecule has 1 saturated heterocycles. The maximum absolute atomic E-state index is 12.5. The molecule has 0 radical (unpaired) electrons. The van der Waals surface area contributed by atoms with E-state index >= 15 is 0 Å². The van der Waals surface area contributed by atoms with Crippen LogP contribution in [0.25, 0.3) is 11.4 Å². The van der Waals surface area contributed by atoms with Crippen molar-refractivity contribution in [1.29, 1.82) is 0 Å². The first-order valence-corrected chi connectivity index (χ1v) is 10.5. The first-order valence-electron chi connectivity index (χ1n) is 9.75. The lowest BCUT2D eigenvalue weighted by Gasteiger charge is -2.30. The number of carbonyl (C=O) groups is 1. The fraction of sp³-hybridized carbons (Fsp3) is 0.318. The monoisotopic (exact) mass is 454 g/mol. The second-order valence-electron chi connectivity index (χ2n) is 7.43. The summed E-state index contributed by atoms with van der Waals surface area (Å²) in [4.78, 5) is 19.3. The van der Waals surface area contributed by atoms with E-state index in [0.717, 1.165) is 41.7 Å². The standard InChI is InChI=1S/C22H23BrN4O2/c1-15-5-7-16(8-6-15)21-25-20(29-26-21)14-27-11-9-17(10-12-27)22(28)24-19-4-2-3-18(23)13-19/h2-8,13,17H,9-12,14H2,1H3,(H,24,28). The topological polar surface area (TPSA) is 71.3 Å². The lowest BCUT2D eigenvalue weighted by Crippen LogP contribution is -2.37. The number of aromatic nitrogens is 2. The van der Waals surface area contributed by atoms with Gasteiger partial charge in [0.05, 0.1) is 6.54 Å². The first-order chi connectivity index (χ1) is 14.1. The van der Waals surface area contributed by atoms with Crippen molar-refractivity contribution in [3.05, 3.63) is 64.5 Å². The molecule has 0 aliphatic carbocycles. The Morgan fingerprint density at radius 1 is 1.21 bits per heavy atom. The van der Waals surface area contributed by atoms with Crippen LogP contribution in [0.4, 0.5) is 5.69 Å². The minimum Gasteiger partial charge on any atom is -0.338 e. The van der Waals surface area contributed by atoms with Crippen molar-refractivity contribution in [2.75, 3.05) is 18.4 Å². The quantitative estimate of drug-likeness (QED) is 0.606. The van der Waals surface area contributed by atoms with Crippen LogP contribution in [0, 0.1) is 12.8 Å². The van der Waals surface area contributed by atoms with E-state index in [0.29, 0.717) is 18.3 Å². The van der Waals surface area contributed by atoms with Crippen LogP contribution in [0.1, 0.15) is 24.3 Å². The van der Waals surface area contributed by atoms with E-state index in [1.807, 2.05) is 55.5 Å². The third kappa shape index (κ3) is 5.10. The van der Waals surface area contributed by atoms with Gasteiger partial charge in [-0.25, -0.2) is 0 Å². The summed E-state index contributed by atoms with van der Waals surface area (Å²) in [5.74, 6) is 1.33. The minimum absolute atomic E-state index is 0.0241. The van der Waals surface area contributed by atoms with Gasteiger partial charge in [-0.1, -0.05) is 57.0 Å². The number of hydrogen-bond donors (Lipinski definition) is 1. The Labute approximate surface area is 178 Å². The third-order valence-corrected chi connectivity index (χ3v) is 5.68. The Balaban J connectivity index is 1.29. The molecule has 150 valence electrons. The molecule has 0 spiro atoms. The van der Waals surface area contributed by atoms with Crippen molar-refractivity contribution in [2.24, 2.45) is 5.92 Å². The Morgan fingerprint density at radius 3 is 2.69 bits per heavy atom. The van der Waals surface area contributed by atoms with Crippen LogP contribution in [0.15, 0.2) is 57.5 Å². The smallest absolute Gasteiger partial charge is 0.241 e. The molecule has 0 bridgehead atoms. The molecule has 1 amide bonds. The molecule has 2 aromatic carbocycles. The summed E-state index contributed by atoms with van der Waals surface area (Å²) in [6.45, 7) is 4.32. The molecule has 0 unspecified atom stereocenters. The maximum atomic E-state index is 12.5. The van der Waals surface area contributed by atoms with E-state index in [9.17, 15) is 4.79 Å². The molecule has 1 aliphatic heterocycles. The zero-order valence-electron chi connectivity index (χ0n) is 16.3. The molecule has 1 aromatic heterocycles. The number of piperidine rings is 1. The summed E-state index contributed by atoms with van der Waals surface area (Å²) < 4.78 is 6.38.